The molecule has 0 aliphatic heterocycles. The zero-order chi connectivity index (χ0) is 17.3. The smallest absolute Gasteiger partial charge is 0.274 e. The molecule has 5 nitrogen and oxygen atoms in total. The van der Waals surface area contributed by atoms with Crippen LogP contribution in [0, 0.1) is 13.8 Å². The fourth-order valence-corrected chi connectivity index (χ4v) is 2.91. The van der Waals surface area contributed by atoms with Gasteiger partial charge in [0, 0.05) is 18.1 Å². The van der Waals surface area contributed by atoms with Crippen molar-refractivity contribution in [2.45, 2.75) is 20.3 Å². The zero-order valence-electron chi connectivity index (χ0n) is 14.0. The van der Waals surface area contributed by atoms with Gasteiger partial charge in [-0.3, -0.25) is 9.59 Å². The van der Waals surface area contributed by atoms with Crippen molar-refractivity contribution in [3.05, 3.63) is 69.6 Å². The number of aromatic nitrogens is 2. The van der Waals surface area contributed by atoms with Gasteiger partial charge in [0.1, 0.15) is 0 Å². The molecule has 0 aliphatic carbocycles. The Balaban J connectivity index is 1.91. The van der Waals surface area contributed by atoms with Gasteiger partial charge in [-0.15, -0.1) is 0 Å². The second-order valence-corrected chi connectivity index (χ2v) is 6.02. The molecule has 3 aromatic rings. The van der Waals surface area contributed by atoms with Crippen LogP contribution < -0.4 is 10.9 Å². The Morgan fingerprint density at radius 1 is 1.08 bits per heavy atom. The van der Waals surface area contributed by atoms with Crippen molar-refractivity contribution in [3.8, 4) is 0 Å². The zero-order valence-corrected chi connectivity index (χ0v) is 14.0. The van der Waals surface area contributed by atoms with E-state index in [0.29, 0.717) is 11.1 Å². The molecular weight excluding hydrogens is 302 g/mol. The van der Waals surface area contributed by atoms with E-state index in [2.05, 4.69) is 16.5 Å². The third kappa shape index (κ3) is 3.20. The summed E-state index contributed by atoms with van der Waals surface area (Å²) in [4.78, 5) is 24.5. The van der Waals surface area contributed by atoms with Gasteiger partial charge in [0.15, 0.2) is 0 Å². The van der Waals surface area contributed by atoms with Gasteiger partial charge in [-0.05, 0) is 43.2 Å². The van der Waals surface area contributed by atoms with E-state index in [-0.39, 0.29) is 17.9 Å². The summed E-state index contributed by atoms with van der Waals surface area (Å²) in [5.41, 5.74) is 3.39. The topological polar surface area (TPSA) is 64.0 Å². The van der Waals surface area contributed by atoms with Gasteiger partial charge in [-0.25, -0.2) is 4.68 Å². The Morgan fingerprint density at radius 2 is 1.71 bits per heavy atom. The SMILES string of the molecule is Cc1cc(C)cc(NC(=O)Cc2nn(C)c(=O)c3ccccc23)c1. The van der Waals surface area contributed by atoms with Gasteiger partial charge in [0.2, 0.25) is 5.91 Å². The Labute approximate surface area is 139 Å². The van der Waals surface area contributed by atoms with E-state index in [4.69, 9.17) is 0 Å². The molecule has 0 spiro atoms. The van der Waals surface area contributed by atoms with E-state index in [1.165, 1.54) is 4.68 Å². The summed E-state index contributed by atoms with van der Waals surface area (Å²) >= 11 is 0. The van der Waals surface area contributed by atoms with Crippen LogP contribution in [0.3, 0.4) is 0 Å². The maximum Gasteiger partial charge on any atom is 0.274 e. The van der Waals surface area contributed by atoms with Crippen molar-refractivity contribution >= 4 is 22.4 Å². The van der Waals surface area contributed by atoms with Crippen LogP contribution in [0.25, 0.3) is 10.8 Å². The van der Waals surface area contributed by atoms with Crippen LogP contribution in [0.2, 0.25) is 0 Å². The number of carbonyl (C=O) groups is 1. The molecule has 1 N–H and O–H groups in total. The molecule has 0 bridgehead atoms. The van der Waals surface area contributed by atoms with Crippen LogP contribution in [0.15, 0.2) is 47.3 Å². The fourth-order valence-electron chi connectivity index (χ4n) is 2.91. The van der Waals surface area contributed by atoms with E-state index < -0.39 is 0 Å². The molecule has 0 atom stereocenters. The number of hydrogen-bond acceptors (Lipinski definition) is 3. The van der Waals surface area contributed by atoms with Crippen molar-refractivity contribution in [1.29, 1.82) is 0 Å². The van der Waals surface area contributed by atoms with E-state index in [0.717, 1.165) is 22.2 Å². The molecule has 0 fully saturated rings. The fraction of sp³-hybridized carbons (Fsp3) is 0.211. The third-order valence-corrected chi connectivity index (χ3v) is 3.87. The number of anilines is 1. The van der Waals surface area contributed by atoms with Crippen molar-refractivity contribution in [1.82, 2.24) is 9.78 Å². The number of nitrogens with zero attached hydrogens (tertiary/aromatic N) is 2. The van der Waals surface area contributed by atoms with E-state index in [1.807, 2.05) is 44.2 Å². The van der Waals surface area contributed by atoms with Crippen molar-refractivity contribution in [2.24, 2.45) is 7.05 Å². The van der Waals surface area contributed by atoms with Gasteiger partial charge in [-0.2, -0.15) is 5.10 Å². The van der Waals surface area contributed by atoms with Crippen LogP contribution in [-0.2, 0) is 18.3 Å². The molecule has 0 unspecified atom stereocenters. The van der Waals surface area contributed by atoms with E-state index >= 15 is 0 Å². The number of aryl methyl sites for hydroxylation is 3. The van der Waals surface area contributed by atoms with Gasteiger partial charge in [-0.1, -0.05) is 24.3 Å². The summed E-state index contributed by atoms with van der Waals surface area (Å²) in [6.45, 7) is 3.98. The highest BCUT2D eigenvalue weighted by Crippen LogP contribution is 2.16. The van der Waals surface area contributed by atoms with Crippen LogP contribution in [0.1, 0.15) is 16.8 Å². The summed E-state index contributed by atoms with van der Waals surface area (Å²) in [5.74, 6) is -0.156. The minimum Gasteiger partial charge on any atom is -0.326 e. The minimum atomic E-state index is -0.163. The van der Waals surface area contributed by atoms with Gasteiger partial charge >= 0.3 is 0 Å². The number of amides is 1. The lowest BCUT2D eigenvalue weighted by Crippen LogP contribution is -2.24. The highest BCUT2D eigenvalue weighted by molar-refractivity contribution is 5.95. The van der Waals surface area contributed by atoms with Crippen LogP contribution >= 0.6 is 0 Å². The molecule has 0 aliphatic rings. The molecule has 0 saturated heterocycles. The molecule has 5 heteroatoms. The molecular formula is C19H19N3O2. The maximum atomic E-state index is 12.4. The summed E-state index contributed by atoms with van der Waals surface area (Å²) in [7, 11) is 1.60. The van der Waals surface area contributed by atoms with Crippen molar-refractivity contribution in [2.75, 3.05) is 5.32 Å². The number of nitrogens with one attached hydrogen (secondary N) is 1. The number of rotatable bonds is 3. The second-order valence-electron chi connectivity index (χ2n) is 6.02. The average Bonchev–Trinajstić information content (AvgIpc) is 2.51. The predicted octanol–water partition coefficient (Wildman–Crippen LogP) is 2.73. The Hall–Kier alpha value is -2.95. The first-order valence-electron chi connectivity index (χ1n) is 7.77. The summed E-state index contributed by atoms with van der Waals surface area (Å²) in [5, 5.41) is 8.46. The molecule has 3 rings (SSSR count). The molecule has 1 heterocycles. The average molecular weight is 321 g/mol. The number of benzene rings is 2. The number of carbonyl (C=O) groups excluding carboxylic acids is 1. The highest BCUT2D eigenvalue weighted by Gasteiger charge is 2.12. The number of fused-ring (bicyclic) bond motifs is 1. The molecule has 2 aromatic carbocycles. The van der Waals surface area contributed by atoms with Gasteiger partial charge < -0.3 is 5.32 Å². The van der Waals surface area contributed by atoms with E-state index in [1.54, 1.807) is 13.1 Å². The van der Waals surface area contributed by atoms with Crippen LogP contribution in [0.5, 0.6) is 0 Å². The Kier molecular flexibility index (Phi) is 4.16. The highest BCUT2D eigenvalue weighted by atomic mass is 16.1. The van der Waals surface area contributed by atoms with E-state index in [9.17, 15) is 9.59 Å². The first kappa shape index (κ1) is 15.9. The number of hydrogen-bond donors (Lipinski definition) is 1. The summed E-state index contributed by atoms with van der Waals surface area (Å²) in [6, 6.07) is 13.1. The second kappa shape index (κ2) is 6.28. The monoisotopic (exact) mass is 321 g/mol. The molecule has 122 valence electrons. The molecule has 1 aromatic heterocycles. The lowest BCUT2D eigenvalue weighted by Gasteiger charge is -2.10. The quantitative estimate of drug-likeness (QED) is 0.807. The Morgan fingerprint density at radius 3 is 2.38 bits per heavy atom. The normalized spacial score (nSPS) is 10.8. The first-order valence-corrected chi connectivity index (χ1v) is 7.77. The van der Waals surface area contributed by atoms with Crippen LogP contribution in [-0.4, -0.2) is 15.7 Å². The predicted molar refractivity (Wildman–Crippen MR) is 95.2 cm³/mol. The standard InChI is InChI=1S/C19H19N3O2/c1-12-8-13(2)10-14(9-12)20-18(23)11-17-15-6-4-5-7-16(15)19(24)22(3)21-17/h4-10H,11H2,1-3H3,(H,20,23). The Bertz CT molecular complexity index is 969. The molecule has 0 saturated carbocycles. The lowest BCUT2D eigenvalue weighted by atomic mass is 10.1. The maximum absolute atomic E-state index is 12.4. The molecule has 1 amide bonds. The van der Waals surface area contributed by atoms with Crippen molar-refractivity contribution < 1.29 is 4.79 Å². The van der Waals surface area contributed by atoms with Gasteiger partial charge in [0.25, 0.3) is 5.56 Å². The van der Waals surface area contributed by atoms with Crippen LogP contribution in [0.4, 0.5) is 5.69 Å². The third-order valence-electron chi connectivity index (χ3n) is 3.87. The summed E-state index contributed by atoms with van der Waals surface area (Å²) < 4.78 is 1.28. The van der Waals surface area contributed by atoms with Gasteiger partial charge in [0.05, 0.1) is 17.5 Å². The minimum absolute atomic E-state index is 0.113. The lowest BCUT2D eigenvalue weighted by molar-refractivity contribution is -0.115. The largest absolute Gasteiger partial charge is 0.326 e. The summed E-state index contributed by atoms with van der Waals surface area (Å²) in [6.07, 6.45) is 0.113. The molecule has 0 radical (unpaired) electrons. The first-order chi connectivity index (χ1) is 11.4. The van der Waals surface area contributed by atoms with Crippen molar-refractivity contribution in [3.63, 3.8) is 0 Å². The molecule has 24 heavy (non-hydrogen) atoms.